The van der Waals surface area contributed by atoms with E-state index >= 15 is 0 Å². The average molecular weight is 388 g/mol. The molecule has 0 unspecified atom stereocenters. The van der Waals surface area contributed by atoms with Crippen molar-refractivity contribution in [2.75, 3.05) is 26.2 Å². The van der Waals surface area contributed by atoms with Crippen LogP contribution in [0.25, 0.3) is 0 Å². The van der Waals surface area contributed by atoms with Crippen LogP contribution in [-0.2, 0) is 11.2 Å². The molecule has 0 saturated carbocycles. The highest BCUT2D eigenvalue weighted by Crippen LogP contribution is 2.27. The van der Waals surface area contributed by atoms with Gasteiger partial charge in [-0.2, -0.15) is 0 Å². The molecule has 122 valence electrons. The summed E-state index contributed by atoms with van der Waals surface area (Å²) in [5.41, 5.74) is 1.24. The van der Waals surface area contributed by atoms with Gasteiger partial charge in [-0.25, -0.2) is 0 Å². The SMILES string of the molecule is Cl.O=C(CCc1ccc(Br)cc1)N1CC[C@@H]2CNC[C@@H]2CC1. The Morgan fingerprint density at radius 2 is 1.73 bits per heavy atom. The molecule has 0 aromatic heterocycles. The molecule has 1 amide bonds. The minimum atomic E-state index is 0. The zero-order valence-corrected chi connectivity index (χ0v) is 15.2. The zero-order chi connectivity index (χ0) is 14.7. The van der Waals surface area contributed by atoms with Crippen molar-refractivity contribution < 1.29 is 4.79 Å². The van der Waals surface area contributed by atoms with Gasteiger partial charge >= 0.3 is 0 Å². The van der Waals surface area contributed by atoms with Crippen LogP contribution in [0.2, 0.25) is 0 Å². The zero-order valence-electron chi connectivity index (χ0n) is 12.8. The highest BCUT2D eigenvalue weighted by molar-refractivity contribution is 9.10. The van der Waals surface area contributed by atoms with E-state index < -0.39 is 0 Å². The number of benzene rings is 1. The number of aryl methyl sites for hydroxylation is 1. The van der Waals surface area contributed by atoms with Gasteiger partial charge in [0, 0.05) is 24.0 Å². The number of hydrogen-bond donors (Lipinski definition) is 1. The molecular weight excluding hydrogens is 364 g/mol. The lowest BCUT2D eigenvalue weighted by Gasteiger charge is -2.21. The first-order valence-corrected chi connectivity index (χ1v) is 8.74. The maximum Gasteiger partial charge on any atom is 0.222 e. The van der Waals surface area contributed by atoms with Crippen molar-refractivity contribution >= 4 is 34.2 Å². The molecule has 3 rings (SSSR count). The number of amides is 1. The molecule has 22 heavy (non-hydrogen) atoms. The fourth-order valence-corrected chi connectivity index (χ4v) is 3.79. The number of halogens is 2. The van der Waals surface area contributed by atoms with Crippen LogP contribution in [-0.4, -0.2) is 37.0 Å². The Morgan fingerprint density at radius 1 is 1.14 bits per heavy atom. The quantitative estimate of drug-likeness (QED) is 0.863. The molecule has 2 aliphatic heterocycles. The van der Waals surface area contributed by atoms with Gasteiger partial charge in [-0.05, 0) is 61.9 Å². The minimum absolute atomic E-state index is 0. The molecule has 0 spiro atoms. The molecule has 0 bridgehead atoms. The average Bonchev–Trinajstić information content (AvgIpc) is 2.85. The third-order valence-electron chi connectivity index (χ3n) is 4.91. The minimum Gasteiger partial charge on any atom is -0.343 e. The van der Waals surface area contributed by atoms with Gasteiger partial charge in [-0.3, -0.25) is 4.79 Å². The van der Waals surface area contributed by atoms with Gasteiger partial charge in [0.05, 0.1) is 0 Å². The summed E-state index contributed by atoms with van der Waals surface area (Å²) in [4.78, 5) is 14.5. The molecular formula is C17H24BrClN2O. The molecule has 2 aliphatic rings. The predicted molar refractivity (Wildman–Crippen MR) is 95.4 cm³/mol. The lowest BCUT2D eigenvalue weighted by molar-refractivity contribution is -0.131. The first-order chi connectivity index (χ1) is 10.2. The van der Waals surface area contributed by atoms with Gasteiger partial charge in [-0.1, -0.05) is 28.1 Å². The molecule has 2 atom stereocenters. The topological polar surface area (TPSA) is 32.3 Å². The molecule has 2 saturated heterocycles. The summed E-state index contributed by atoms with van der Waals surface area (Å²) >= 11 is 3.44. The standard InChI is InChI=1S/C17H23BrN2O.ClH/c18-16-4-1-13(2-5-16)3-6-17(21)20-9-7-14-11-19-12-15(14)8-10-20;/h1-2,4-5,14-15,19H,3,6-12H2;1H/t14-,15+;. The van der Waals surface area contributed by atoms with Crippen LogP contribution in [0.5, 0.6) is 0 Å². The van der Waals surface area contributed by atoms with E-state index in [1.54, 1.807) is 0 Å². The number of nitrogens with one attached hydrogen (secondary N) is 1. The van der Waals surface area contributed by atoms with E-state index in [0.717, 1.165) is 48.9 Å². The molecule has 1 N–H and O–H groups in total. The molecule has 5 heteroatoms. The van der Waals surface area contributed by atoms with Crippen molar-refractivity contribution in [3.05, 3.63) is 34.3 Å². The monoisotopic (exact) mass is 386 g/mol. The van der Waals surface area contributed by atoms with E-state index in [1.807, 2.05) is 12.1 Å². The number of hydrogen-bond acceptors (Lipinski definition) is 2. The Balaban J connectivity index is 0.00000176. The fourth-order valence-electron chi connectivity index (χ4n) is 3.53. The summed E-state index contributed by atoms with van der Waals surface area (Å²) < 4.78 is 1.09. The van der Waals surface area contributed by atoms with Crippen molar-refractivity contribution in [3.8, 4) is 0 Å². The van der Waals surface area contributed by atoms with Gasteiger partial charge in [0.1, 0.15) is 0 Å². The molecule has 2 heterocycles. The smallest absolute Gasteiger partial charge is 0.222 e. The Labute approximate surface area is 147 Å². The number of rotatable bonds is 3. The van der Waals surface area contributed by atoms with Gasteiger partial charge in [-0.15, -0.1) is 12.4 Å². The fraction of sp³-hybridized carbons (Fsp3) is 0.588. The van der Waals surface area contributed by atoms with Gasteiger partial charge in [0.25, 0.3) is 0 Å². The van der Waals surface area contributed by atoms with Crippen LogP contribution in [0.3, 0.4) is 0 Å². The molecule has 0 radical (unpaired) electrons. The molecule has 2 fully saturated rings. The summed E-state index contributed by atoms with van der Waals surface area (Å²) in [5, 5.41) is 3.48. The number of carbonyl (C=O) groups excluding carboxylic acids is 1. The second-order valence-electron chi connectivity index (χ2n) is 6.26. The summed E-state index contributed by atoms with van der Waals surface area (Å²) in [6.45, 7) is 4.18. The van der Waals surface area contributed by atoms with E-state index in [2.05, 4.69) is 38.3 Å². The van der Waals surface area contributed by atoms with Crippen LogP contribution >= 0.6 is 28.3 Å². The number of carbonyl (C=O) groups is 1. The van der Waals surface area contributed by atoms with Gasteiger partial charge in [0.2, 0.25) is 5.91 Å². The molecule has 1 aromatic rings. The van der Waals surface area contributed by atoms with Crippen molar-refractivity contribution in [1.29, 1.82) is 0 Å². The second kappa shape index (κ2) is 8.32. The summed E-state index contributed by atoms with van der Waals surface area (Å²) in [5.74, 6) is 1.90. The molecule has 3 nitrogen and oxygen atoms in total. The number of fused-ring (bicyclic) bond motifs is 1. The Morgan fingerprint density at radius 3 is 2.32 bits per heavy atom. The summed E-state index contributed by atoms with van der Waals surface area (Å²) in [7, 11) is 0. The maximum atomic E-state index is 12.4. The van der Waals surface area contributed by atoms with Crippen molar-refractivity contribution in [1.82, 2.24) is 10.2 Å². The number of likely N-dealkylation sites (tertiary alicyclic amines) is 1. The lowest BCUT2D eigenvalue weighted by Crippen LogP contribution is -2.32. The molecule has 0 aliphatic carbocycles. The largest absolute Gasteiger partial charge is 0.343 e. The number of nitrogens with zero attached hydrogens (tertiary/aromatic N) is 1. The Bertz CT molecular complexity index is 480. The maximum absolute atomic E-state index is 12.4. The Hall–Kier alpha value is -0.580. The van der Waals surface area contributed by atoms with Crippen LogP contribution in [0, 0.1) is 11.8 Å². The highest BCUT2D eigenvalue weighted by atomic mass is 79.9. The van der Waals surface area contributed by atoms with E-state index in [4.69, 9.17) is 0 Å². The second-order valence-corrected chi connectivity index (χ2v) is 7.18. The van der Waals surface area contributed by atoms with Crippen molar-refractivity contribution in [2.24, 2.45) is 11.8 Å². The summed E-state index contributed by atoms with van der Waals surface area (Å²) in [6, 6.07) is 8.27. The van der Waals surface area contributed by atoms with Crippen LogP contribution in [0.15, 0.2) is 28.7 Å². The van der Waals surface area contributed by atoms with E-state index in [1.165, 1.54) is 18.4 Å². The van der Waals surface area contributed by atoms with E-state index in [-0.39, 0.29) is 12.4 Å². The third-order valence-corrected chi connectivity index (χ3v) is 5.44. The third kappa shape index (κ3) is 4.46. The van der Waals surface area contributed by atoms with Crippen molar-refractivity contribution in [3.63, 3.8) is 0 Å². The van der Waals surface area contributed by atoms with Crippen molar-refractivity contribution in [2.45, 2.75) is 25.7 Å². The predicted octanol–water partition coefficient (Wildman–Crippen LogP) is 3.26. The normalized spacial score (nSPS) is 24.3. The lowest BCUT2D eigenvalue weighted by atomic mass is 9.92. The van der Waals surface area contributed by atoms with Gasteiger partial charge < -0.3 is 10.2 Å². The first-order valence-electron chi connectivity index (χ1n) is 7.95. The van der Waals surface area contributed by atoms with E-state index in [9.17, 15) is 4.79 Å². The van der Waals surface area contributed by atoms with Crippen LogP contribution in [0.1, 0.15) is 24.8 Å². The summed E-state index contributed by atoms with van der Waals surface area (Å²) in [6.07, 6.45) is 3.82. The Kier molecular flexibility index (Phi) is 6.72. The highest BCUT2D eigenvalue weighted by Gasteiger charge is 2.31. The van der Waals surface area contributed by atoms with Gasteiger partial charge in [0.15, 0.2) is 0 Å². The first kappa shape index (κ1) is 17.8. The van der Waals surface area contributed by atoms with Crippen LogP contribution in [0.4, 0.5) is 0 Å². The van der Waals surface area contributed by atoms with Crippen LogP contribution < -0.4 is 5.32 Å². The molecule has 1 aromatic carbocycles. The van der Waals surface area contributed by atoms with E-state index in [0.29, 0.717) is 12.3 Å².